The number of anilines is 1. The minimum absolute atomic E-state index is 0.401. The molecule has 0 spiro atoms. The Kier molecular flexibility index (Phi) is 3.39. The zero-order valence-electron chi connectivity index (χ0n) is 9.56. The molecule has 0 fully saturated rings. The molecule has 0 saturated heterocycles. The topological polar surface area (TPSA) is 37.4 Å². The first-order chi connectivity index (χ1) is 6.87. The Bertz CT molecular complexity index is 438. The van der Waals surface area contributed by atoms with Gasteiger partial charge in [-0.1, -0.05) is 18.2 Å². The number of hydrogen-bond acceptors (Lipinski definition) is 2. The van der Waals surface area contributed by atoms with Crippen molar-refractivity contribution in [3.8, 4) is 0 Å². The SMILES string of the molecule is Cc1ccccc1N(C)S(=O)(=O)C(C)C. The second-order valence-electron chi connectivity index (χ2n) is 3.85. The molecule has 0 aromatic heterocycles. The Balaban J connectivity index is 3.17. The lowest BCUT2D eigenvalue weighted by atomic mass is 10.2. The lowest BCUT2D eigenvalue weighted by molar-refractivity contribution is 0.585. The third-order valence-corrected chi connectivity index (χ3v) is 4.58. The summed E-state index contributed by atoms with van der Waals surface area (Å²) in [6.45, 7) is 5.27. The maximum atomic E-state index is 11.9. The summed E-state index contributed by atoms with van der Waals surface area (Å²) in [7, 11) is -1.62. The number of hydrogen-bond donors (Lipinski definition) is 0. The van der Waals surface area contributed by atoms with Crippen LogP contribution in [0, 0.1) is 6.92 Å². The Hall–Kier alpha value is -1.03. The van der Waals surface area contributed by atoms with Gasteiger partial charge in [-0.15, -0.1) is 0 Å². The van der Waals surface area contributed by atoms with Gasteiger partial charge in [-0.3, -0.25) is 4.31 Å². The van der Waals surface area contributed by atoms with Gasteiger partial charge in [-0.25, -0.2) is 8.42 Å². The van der Waals surface area contributed by atoms with Crippen LogP contribution in [0.3, 0.4) is 0 Å². The molecule has 0 N–H and O–H groups in total. The minimum Gasteiger partial charge on any atom is -0.273 e. The van der Waals surface area contributed by atoms with Crippen molar-refractivity contribution in [1.29, 1.82) is 0 Å². The molecule has 0 unspecified atom stereocenters. The summed E-state index contributed by atoms with van der Waals surface area (Å²) in [5, 5.41) is -0.401. The Morgan fingerprint density at radius 2 is 1.73 bits per heavy atom. The lowest BCUT2D eigenvalue weighted by Gasteiger charge is -2.23. The number of nitrogens with zero attached hydrogens (tertiary/aromatic N) is 1. The first-order valence-corrected chi connectivity index (χ1v) is 6.41. The molecule has 0 atom stereocenters. The zero-order valence-corrected chi connectivity index (χ0v) is 10.4. The first kappa shape index (κ1) is 12.0. The number of rotatable bonds is 3. The van der Waals surface area contributed by atoms with Crippen LogP contribution in [0.1, 0.15) is 19.4 Å². The highest BCUT2D eigenvalue weighted by Gasteiger charge is 2.23. The van der Waals surface area contributed by atoms with E-state index in [9.17, 15) is 8.42 Å². The molecule has 1 rings (SSSR count). The molecule has 0 bridgehead atoms. The lowest BCUT2D eigenvalue weighted by Crippen LogP contribution is -2.33. The van der Waals surface area contributed by atoms with Crippen molar-refractivity contribution < 1.29 is 8.42 Å². The summed E-state index contributed by atoms with van der Waals surface area (Å²) < 4.78 is 25.2. The van der Waals surface area contributed by atoms with E-state index in [1.807, 2.05) is 31.2 Å². The summed E-state index contributed by atoms with van der Waals surface area (Å²) in [6.07, 6.45) is 0. The van der Waals surface area contributed by atoms with Crippen LogP contribution < -0.4 is 4.31 Å². The van der Waals surface area contributed by atoms with Gasteiger partial charge in [0, 0.05) is 7.05 Å². The summed E-state index contributed by atoms with van der Waals surface area (Å²) in [5.74, 6) is 0. The van der Waals surface area contributed by atoms with Crippen LogP contribution in [0.15, 0.2) is 24.3 Å². The third kappa shape index (κ3) is 2.31. The van der Waals surface area contributed by atoms with Crippen molar-refractivity contribution in [1.82, 2.24) is 0 Å². The fourth-order valence-electron chi connectivity index (χ4n) is 1.37. The molecule has 0 saturated carbocycles. The summed E-state index contributed by atoms with van der Waals surface area (Å²) in [4.78, 5) is 0. The van der Waals surface area contributed by atoms with Gasteiger partial charge in [-0.2, -0.15) is 0 Å². The van der Waals surface area contributed by atoms with Gasteiger partial charge in [-0.05, 0) is 32.4 Å². The smallest absolute Gasteiger partial charge is 0.237 e. The molecule has 84 valence electrons. The van der Waals surface area contributed by atoms with Gasteiger partial charge in [0.1, 0.15) is 0 Å². The predicted octanol–water partition coefficient (Wildman–Crippen LogP) is 2.17. The molecule has 3 nitrogen and oxygen atoms in total. The average molecular weight is 227 g/mol. The van der Waals surface area contributed by atoms with Crippen molar-refractivity contribution in [2.45, 2.75) is 26.0 Å². The maximum absolute atomic E-state index is 11.9. The number of benzene rings is 1. The van der Waals surface area contributed by atoms with Crippen molar-refractivity contribution >= 4 is 15.7 Å². The van der Waals surface area contributed by atoms with Crippen LogP contribution in [-0.2, 0) is 10.0 Å². The Morgan fingerprint density at radius 1 is 1.20 bits per heavy atom. The van der Waals surface area contributed by atoms with Gasteiger partial charge in [0.05, 0.1) is 10.9 Å². The number of para-hydroxylation sites is 1. The Morgan fingerprint density at radius 3 is 2.20 bits per heavy atom. The van der Waals surface area contributed by atoms with E-state index in [0.29, 0.717) is 0 Å². The molecule has 0 aliphatic heterocycles. The largest absolute Gasteiger partial charge is 0.273 e. The number of aryl methyl sites for hydroxylation is 1. The van der Waals surface area contributed by atoms with Gasteiger partial charge in [0.25, 0.3) is 0 Å². The molecule has 15 heavy (non-hydrogen) atoms. The van der Waals surface area contributed by atoms with Crippen LogP contribution in [0.2, 0.25) is 0 Å². The highest BCUT2D eigenvalue weighted by molar-refractivity contribution is 7.93. The molecule has 0 amide bonds. The number of sulfonamides is 1. The van der Waals surface area contributed by atoms with E-state index < -0.39 is 15.3 Å². The molecule has 1 aromatic carbocycles. The van der Waals surface area contributed by atoms with Crippen LogP contribution >= 0.6 is 0 Å². The quantitative estimate of drug-likeness (QED) is 0.793. The molecule has 0 aliphatic rings. The molecule has 1 aromatic rings. The van der Waals surface area contributed by atoms with E-state index >= 15 is 0 Å². The van der Waals surface area contributed by atoms with Crippen molar-refractivity contribution in [2.24, 2.45) is 0 Å². The van der Waals surface area contributed by atoms with Gasteiger partial charge < -0.3 is 0 Å². The minimum atomic E-state index is -3.22. The molecule has 0 heterocycles. The monoisotopic (exact) mass is 227 g/mol. The standard InChI is InChI=1S/C11H17NO2S/c1-9(2)15(13,14)12(4)11-8-6-5-7-10(11)3/h5-9H,1-4H3. The van der Waals surface area contributed by atoms with Gasteiger partial charge in [0.15, 0.2) is 0 Å². The second-order valence-corrected chi connectivity index (χ2v) is 6.37. The highest BCUT2D eigenvalue weighted by atomic mass is 32.2. The zero-order chi connectivity index (χ0) is 11.6. The van der Waals surface area contributed by atoms with Crippen molar-refractivity contribution in [2.75, 3.05) is 11.4 Å². The van der Waals surface area contributed by atoms with E-state index in [2.05, 4.69) is 0 Å². The molecule has 0 radical (unpaired) electrons. The third-order valence-electron chi connectivity index (χ3n) is 2.43. The fourth-order valence-corrected chi connectivity index (χ4v) is 2.48. The molecular weight excluding hydrogens is 210 g/mol. The second kappa shape index (κ2) is 4.23. The van der Waals surface area contributed by atoms with E-state index in [1.165, 1.54) is 4.31 Å². The van der Waals surface area contributed by atoms with Crippen LogP contribution in [0.25, 0.3) is 0 Å². The summed E-state index contributed by atoms with van der Waals surface area (Å²) >= 11 is 0. The normalized spacial score (nSPS) is 11.8. The van der Waals surface area contributed by atoms with Crippen LogP contribution in [0.5, 0.6) is 0 Å². The molecular formula is C11H17NO2S. The molecule has 4 heteroatoms. The van der Waals surface area contributed by atoms with E-state index in [1.54, 1.807) is 20.9 Å². The van der Waals surface area contributed by atoms with E-state index in [0.717, 1.165) is 11.3 Å². The van der Waals surface area contributed by atoms with E-state index in [4.69, 9.17) is 0 Å². The van der Waals surface area contributed by atoms with Crippen LogP contribution in [-0.4, -0.2) is 20.7 Å². The highest BCUT2D eigenvalue weighted by Crippen LogP contribution is 2.22. The van der Waals surface area contributed by atoms with Crippen molar-refractivity contribution in [3.05, 3.63) is 29.8 Å². The summed E-state index contributed by atoms with van der Waals surface area (Å²) in [6, 6.07) is 7.46. The Labute approximate surface area is 91.8 Å². The van der Waals surface area contributed by atoms with Gasteiger partial charge >= 0.3 is 0 Å². The maximum Gasteiger partial charge on any atom is 0.237 e. The van der Waals surface area contributed by atoms with Gasteiger partial charge in [0.2, 0.25) is 10.0 Å². The van der Waals surface area contributed by atoms with Crippen LogP contribution in [0.4, 0.5) is 5.69 Å². The average Bonchev–Trinajstić information content (AvgIpc) is 2.17. The summed E-state index contributed by atoms with van der Waals surface area (Å²) in [5.41, 5.74) is 1.70. The predicted molar refractivity (Wildman–Crippen MR) is 63.6 cm³/mol. The van der Waals surface area contributed by atoms with Crippen molar-refractivity contribution in [3.63, 3.8) is 0 Å². The molecule has 0 aliphatic carbocycles. The fraction of sp³-hybridized carbons (Fsp3) is 0.455. The first-order valence-electron chi connectivity index (χ1n) is 4.90. The van der Waals surface area contributed by atoms with E-state index in [-0.39, 0.29) is 0 Å².